The number of nitrogens with one attached hydrogen (secondary N) is 1. The van der Waals surface area contributed by atoms with Crippen LogP contribution in [-0.4, -0.2) is 35.4 Å². The minimum absolute atomic E-state index is 0.0657. The first-order valence-corrected chi connectivity index (χ1v) is 9.82. The Morgan fingerprint density at radius 2 is 1.82 bits per heavy atom. The predicted octanol–water partition coefficient (Wildman–Crippen LogP) is 3.54. The Hall–Kier alpha value is -2.98. The highest BCUT2D eigenvalue weighted by Crippen LogP contribution is 2.26. The number of carbonyl (C=O) groups excluding carboxylic acids is 1. The smallest absolute Gasteiger partial charge is 0.224 e. The van der Waals surface area contributed by atoms with Crippen molar-refractivity contribution in [3.05, 3.63) is 90.3 Å². The van der Waals surface area contributed by atoms with Gasteiger partial charge in [0.05, 0.1) is 5.92 Å². The number of aromatic nitrogens is 1. The zero-order chi connectivity index (χ0) is 19.2. The third-order valence-electron chi connectivity index (χ3n) is 5.28. The maximum atomic E-state index is 12.7. The molecule has 0 saturated carbocycles. The van der Waals surface area contributed by atoms with E-state index in [2.05, 4.69) is 57.7 Å². The summed E-state index contributed by atoms with van der Waals surface area (Å²) in [5.74, 6) is 0.0839. The highest BCUT2D eigenvalue weighted by molar-refractivity contribution is 5.80. The lowest BCUT2D eigenvalue weighted by Crippen LogP contribution is -2.33. The third-order valence-corrected chi connectivity index (χ3v) is 5.28. The lowest BCUT2D eigenvalue weighted by Gasteiger charge is -2.23. The average molecular weight is 371 g/mol. The van der Waals surface area contributed by atoms with E-state index in [4.69, 9.17) is 0 Å². The molecule has 1 atom stereocenters. The van der Waals surface area contributed by atoms with E-state index in [1.54, 1.807) is 6.20 Å². The van der Waals surface area contributed by atoms with Crippen LogP contribution in [0.15, 0.2) is 79.1 Å². The van der Waals surface area contributed by atoms with Crippen LogP contribution in [0.3, 0.4) is 0 Å². The molecule has 1 aliphatic heterocycles. The van der Waals surface area contributed by atoms with Gasteiger partial charge in [0.25, 0.3) is 0 Å². The van der Waals surface area contributed by atoms with Crippen LogP contribution in [0, 0.1) is 5.92 Å². The summed E-state index contributed by atoms with van der Waals surface area (Å²) in [6, 6.07) is 22.8. The molecule has 3 aromatic rings. The molecule has 1 unspecified atom stereocenters. The molecule has 2 heterocycles. The number of amides is 1. The van der Waals surface area contributed by atoms with Gasteiger partial charge in [-0.3, -0.25) is 14.7 Å². The van der Waals surface area contributed by atoms with Gasteiger partial charge in [-0.2, -0.15) is 0 Å². The number of pyridine rings is 1. The molecule has 0 radical (unpaired) electrons. The van der Waals surface area contributed by atoms with Crippen molar-refractivity contribution in [3.63, 3.8) is 0 Å². The van der Waals surface area contributed by atoms with E-state index in [9.17, 15) is 4.79 Å². The van der Waals surface area contributed by atoms with Crippen LogP contribution in [0.25, 0.3) is 11.1 Å². The Morgan fingerprint density at radius 3 is 2.64 bits per heavy atom. The SMILES string of the molecule is O=C1NCCN(Cc2ccccc2)CC1Cc1ccccc1-c1cccnc1. The molecule has 28 heavy (non-hydrogen) atoms. The van der Waals surface area contributed by atoms with Gasteiger partial charge in [-0.25, -0.2) is 0 Å². The molecular weight excluding hydrogens is 346 g/mol. The second-order valence-corrected chi connectivity index (χ2v) is 7.31. The first-order valence-electron chi connectivity index (χ1n) is 9.82. The maximum absolute atomic E-state index is 12.7. The normalized spacial score (nSPS) is 17.7. The average Bonchev–Trinajstić information content (AvgIpc) is 2.91. The lowest BCUT2D eigenvalue weighted by molar-refractivity contribution is -0.124. The molecule has 4 nitrogen and oxygen atoms in total. The Morgan fingerprint density at radius 1 is 1.00 bits per heavy atom. The van der Waals surface area contributed by atoms with E-state index in [1.165, 1.54) is 11.1 Å². The Kier molecular flexibility index (Phi) is 5.78. The van der Waals surface area contributed by atoms with Crippen LogP contribution in [0.4, 0.5) is 0 Å². The van der Waals surface area contributed by atoms with Gasteiger partial charge in [0.1, 0.15) is 0 Å². The van der Waals surface area contributed by atoms with Crippen molar-refractivity contribution in [2.24, 2.45) is 5.92 Å². The summed E-state index contributed by atoms with van der Waals surface area (Å²) in [5.41, 5.74) is 4.72. The number of hydrogen-bond donors (Lipinski definition) is 1. The molecule has 142 valence electrons. The largest absolute Gasteiger partial charge is 0.355 e. The van der Waals surface area contributed by atoms with E-state index >= 15 is 0 Å². The standard InChI is InChI=1S/C24H25N3O/c28-24-22(18-27(14-13-26-24)17-19-7-2-1-3-8-19)15-20-9-4-5-11-23(20)21-10-6-12-25-16-21/h1-12,16,22H,13-15,17-18H2,(H,26,28). The van der Waals surface area contributed by atoms with Crippen molar-refractivity contribution in [2.75, 3.05) is 19.6 Å². The molecule has 1 aliphatic rings. The van der Waals surface area contributed by atoms with Crippen molar-refractivity contribution in [2.45, 2.75) is 13.0 Å². The fraction of sp³-hybridized carbons (Fsp3) is 0.250. The van der Waals surface area contributed by atoms with Crippen molar-refractivity contribution in [3.8, 4) is 11.1 Å². The molecule has 1 aromatic heterocycles. The van der Waals surface area contributed by atoms with Gasteiger partial charge in [-0.15, -0.1) is 0 Å². The van der Waals surface area contributed by atoms with Crippen molar-refractivity contribution < 1.29 is 4.79 Å². The predicted molar refractivity (Wildman–Crippen MR) is 112 cm³/mol. The molecule has 0 aliphatic carbocycles. The number of carbonyl (C=O) groups is 1. The lowest BCUT2D eigenvalue weighted by atomic mass is 9.92. The first-order chi connectivity index (χ1) is 13.8. The number of nitrogens with zero attached hydrogens (tertiary/aromatic N) is 2. The number of benzene rings is 2. The maximum Gasteiger partial charge on any atom is 0.224 e. The van der Waals surface area contributed by atoms with Gasteiger partial charge in [0.15, 0.2) is 0 Å². The van der Waals surface area contributed by atoms with Crippen LogP contribution in [0.2, 0.25) is 0 Å². The molecule has 0 spiro atoms. The van der Waals surface area contributed by atoms with Gasteiger partial charge >= 0.3 is 0 Å². The minimum atomic E-state index is -0.0657. The summed E-state index contributed by atoms with van der Waals surface area (Å²) in [5, 5.41) is 3.10. The zero-order valence-electron chi connectivity index (χ0n) is 15.9. The zero-order valence-corrected chi connectivity index (χ0v) is 15.9. The highest BCUT2D eigenvalue weighted by atomic mass is 16.1. The van der Waals surface area contributed by atoms with Crippen molar-refractivity contribution >= 4 is 5.91 Å². The molecule has 1 fully saturated rings. The topological polar surface area (TPSA) is 45.2 Å². The number of rotatable bonds is 5. The molecule has 4 heteroatoms. The molecule has 1 saturated heterocycles. The van der Waals surface area contributed by atoms with Gasteiger partial charge < -0.3 is 5.32 Å². The van der Waals surface area contributed by atoms with Crippen molar-refractivity contribution in [1.29, 1.82) is 0 Å². The van der Waals surface area contributed by atoms with Crippen LogP contribution in [-0.2, 0) is 17.8 Å². The minimum Gasteiger partial charge on any atom is -0.355 e. The Balaban J connectivity index is 1.54. The Bertz CT molecular complexity index is 911. The fourth-order valence-corrected chi connectivity index (χ4v) is 3.88. The molecule has 1 amide bonds. The van der Waals surface area contributed by atoms with E-state index in [0.29, 0.717) is 6.54 Å². The monoisotopic (exact) mass is 371 g/mol. The van der Waals surface area contributed by atoms with E-state index in [0.717, 1.165) is 37.2 Å². The summed E-state index contributed by atoms with van der Waals surface area (Å²) < 4.78 is 0. The van der Waals surface area contributed by atoms with Gasteiger partial charge in [-0.05, 0) is 29.2 Å². The van der Waals surface area contributed by atoms with Crippen LogP contribution >= 0.6 is 0 Å². The second-order valence-electron chi connectivity index (χ2n) is 7.31. The quantitative estimate of drug-likeness (QED) is 0.746. The molecule has 1 N–H and O–H groups in total. The van der Waals surface area contributed by atoms with Crippen LogP contribution < -0.4 is 5.32 Å². The van der Waals surface area contributed by atoms with E-state index in [-0.39, 0.29) is 11.8 Å². The van der Waals surface area contributed by atoms with Crippen LogP contribution in [0.5, 0.6) is 0 Å². The molecule has 2 aromatic carbocycles. The summed E-state index contributed by atoms with van der Waals surface area (Å²) in [7, 11) is 0. The first kappa shape index (κ1) is 18.4. The molecule has 4 rings (SSSR count). The summed E-state index contributed by atoms with van der Waals surface area (Å²) in [6.45, 7) is 3.21. The number of hydrogen-bond acceptors (Lipinski definition) is 3. The fourth-order valence-electron chi connectivity index (χ4n) is 3.88. The Labute approximate surface area is 166 Å². The summed E-state index contributed by atoms with van der Waals surface area (Å²) >= 11 is 0. The van der Waals surface area contributed by atoms with E-state index < -0.39 is 0 Å². The highest BCUT2D eigenvalue weighted by Gasteiger charge is 2.26. The summed E-state index contributed by atoms with van der Waals surface area (Å²) in [6.07, 6.45) is 4.39. The van der Waals surface area contributed by atoms with E-state index in [1.807, 2.05) is 30.5 Å². The van der Waals surface area contributed by atoms with Gasteiger partial charge in [-0.1, -0.05) is 60.7 Å². The summed E-state index contributed by atoms with van der Waals surface area (Å²) in [4.78, 5) is 19.3. The second kappa shape index (κ2) is 8.81. The van der Waals surface area contributed by atoms with Gasteiger partial charge in [0, 0.05) is 44.1 Å². The molecular formula is C24H25N3O. The third kappa shape index (κ3) is 4.46. The van der Waals surface area contributed by atoms with Crippen LogP contribution in [0.1, 0.15) is 11.1 Å². The molecule has 0 bridgehead atoms. The van der Waals surface area contributed by atoms with Crippen molar-refractivity contribution in [1.82, 2.24) is 15.2 Å². The van der Waals surface area contributed by atoms with Gasteiger partial charge in [0.2, 0.25) is 5.91 Å².